The van der Waals surface area contributed by atoms with Crippen molar-refractivity contribution in [2.45, 2.75) is 37.3 Å². The maximum absolute atomic E-state index is 13.0. The molecule has 1 aromatic rings. The molecular formula is C20H24N2O2. The first-order valence-corrected chi connectivity index (χ1v) is 9.03. The largest absolute Gasteiger partial charge is 0.469 e. The summed E-state index contributed by atoms with van der Waals surface area (Å²) in [6.45, 7) is 4.12. The van der Waals surface area contributed by atoms with E-state index in [1.807, 2.05) is 0 Å². The molecule has 6 rings (SSSR count). The minimum atomic E-state index is -0.162. The fraction of sp³-hybridized carbons (Fsp3) is 0.550. The number of carbonyl (C=O) groups excluding carboxylic acids is 1. The number of para-hydroxylation sites is 1. The Hall–Kier alpha value is -1.81. The maximum Gasteiger partial charge on any atom is 0.310 e. The van der Waals surface area contributed by atoms with Crippen LogP contribution in [-0.2, 0) is 14.9 Å². The van der Waals surface area contributed by atoms with Crippen LogP contribution in [0.15, 0.2) is 35.9 Å². The van der Waals surface area contributed by atoms with E-state index >= 15 is 0 Å². The van der Waals surface area contributed by atoms with E-state index in [0.29, 0.717) is 5.92 Å². The van der Waals surface area contributed by atoms with Crippen LogP contribution in [0.5, 0.6) is 0 Å². The molecule has 1 spiro atoms. The fourth-order valence-corrected chi connectivity index (χ4v) is 6.39. The second-order valence-corrected chi connectivity index (χ2v) is 7.68. The molecule has 1 aromatic carbocycles. The molecule has 4 bridgehead atoms. The summed E-state index contributed by atoms with van der Waals surface area (Å²) in [5, 5.41) is 3.87. The molecule has 4 heteroatoms. The van der Waals surface area contributed by atoms with Gasteiger partial charge in [0.15, 0.2) is 0 Å². The van der Waals surface area contributed by atoms with Gasteiger partial charge in [0.1, 0.15) is 5.66 Å². The van der Waals surface area contributed by atoms with E-state index in [0.717, 1.165) is 32.4 Å². The summed E-state index contributed by atoms with van der Waals surface area (Å²) in [7, 11) is 1.54. The Labute approximate surface area is 142 Å². The molecule has 0 aromatic heterocycles. The van der Waals surface area contributed by atoms with Crippen LogP contribution < -0.4 is 5.32 Å². The molecule has 5 atom stereocenters. The molecule has 5 unspecified atom stereocenters. The molecule has 4 nitrogen and oxygen atoms in total. The zero-order valence-corrected chi connectivity index (χ0v) is 14.3. The zero-order valence-electron chi connectivity index (χ0n) is 14.3. The fourth-order valence-electron chi connectivity index (χ4n) is 6.39. The molecule has 1 aliphatic carbocycles. The van der Waals surface area contributed by atoms with Crippen LogP contribution in [0, 0.1) is 11.8 Å². The van der Waals surface area contributed by atoms with Gasteiger partial charge in [-0.3, -0.25) is 9.69 Å². The predicted molar refractivity (Wildman–Crippen MR) is 92.7 cm³/mol. The Balaban J connectivity index is 1.82. The number of hydrogen-bond acceptors (Lipinski definition) is 4. The number of rotatable bonds is 1. The van der Waals surface area contributed by atoms with Crippen molar-refractivity contribution in [3.8, 4) is 0 Å². The summed E-state index contributed by atoms with van der Waals surface area (Å²) in [6.07, 6.45) is 5.42. The predicted octanol–water partition coefficient (Wildman–Crippen LogP) is 2.91. The second-order valence-electron chi connectivity index (χ2n) is 7.68. The maximum atomic E-state index is 13.0. The standard InChI is InChI=1S/C20H24N2O2/c1-3-13-12-22-11-10-19-15-6-4-5-7-16(15)21-20(19,22)9-8-14(13)17(19)18(23)24-2/h3-7,14,17,21H,8-12H2,1-2H3. The van der Waals surface area contributed by atoms with E-state index < -0.39 is 0 Å². The van der Waals surface area contributed by atoms with Crippen LogP contribution in [0.1, 0.15) is 31.7 Å². The lowest BCUT2D eigenvalue weighted by Gasteiger charge is -2.51. The van der Waals surface area contributed by atoms with E-state index in [9.17, 15) is 4.79 Å². The van der Waals surface area contributed by atoms with E-state index in [1.54, 1.807) is 7.11 Å². The molecule has 0 radical (unpaired) electrons. The quantitative estimate of drug-likeness (QED) is 0.637. The third kappa shape index (κ3) is 1.39. The number of fused-ring (bicyclic) bond motifs is 3. The number of ether oxygens (including phenoxy) is 1. The molecule has 1 saturated carbocycles. The Morgan fingerprint density at radius 2 is 2.21 bits per heavy atom. The van der Waals surface area contributed by atoms with Gasteiger partial charge in [0, 0.05) is 24.2 Å². The summed E-state index contributed by atoms with van der Waals surface area (Å²) < 4.78 is 5.34. The van der Waals surface area contributed by atoms with Gasteiger partial charge in [-0.1, -0.05) is 29.8 Å². The lowest BCUT2D eigenvalue weighted by molar-refractivity contribution is -0.153. The van der Waals surface area contributed by atoms with Crippen LogP contribution in [-0.4, -0.2) is 36.7 Å². The van der Waals surface area contributed by atoms with Crippen LogP contribution in [0.3, 0.4) is 0 Å². The van der Waals surface area contributed by atoms with Gasteiger partial charge in [-0.15, -0.1) is 0 Å². The van der Waals surface area contributed by atoms with Crippen molar-refractivity contribution >= 4 is 11.7 Å². The monoisotopic (exact) mass is 324 g/mol. The molecule has 0 amide bonds. The Morgan fingerprint density at radius 1 is 1.38 bits per heavy atom. The van der Waals surface area contributed by atoms with Crippen molar-refractivity contribution < 1.29 is 9.53 Å². The minimum absolute atomic E-state index is 0.0364. The topological polar surface area (TPSA) is 41.6 Å². The number of hydrogen-bond donors (Lipinski definition) is 1. The number of methoxy groups -OCH3 is 1. The van der Waals surface area contributed by atoms with Gasteiger partial charge in [0.05, 0.1) is 13.0 Å². The number of nitrogens with one attached hydrogen (secondary N) is 1. The molecule has 4 aliphatic heterocycles. The van der Waals surface area contributed by atoms with E-state index in [1.165, 1.54) is 16.8 Å². The molecule has 4 heterocycles. The number of esters is 1. The number of nitrogens with zero attached hydrogens (tertiary/aromatic N) is 1. The number of carbonyl (C=O) groups is 1. The van der Waals surface area contributed by atoms with Crippen LogP contribution in [0.25, 0.3) is 0 Å². The van der Waals surface area contributed by atoms with Crippen molar-refractivity contribution in [3.05, 3.63) is 41.5 Å². The van der Waals surface area contributed by atoms with Crippen molar-refractivity contribution in [1.82, 2.24) is 4.90 Å². The molecule has 1 N–H and O–H groups in total. The highest BCUT2D eigenvalue weighted by Gasteiger charge is 2.73. The first kappa shape index (κ1) is 14.5. The summed E-state index contributed by atoms with van der Waals surface area (Å²) in [4.78, 5) is 15.6. The molecule has 5 aliphatic rings. The number of anilines is 1. The Bertz CT molecular complexity index is 758. The molecule has 24 heavy (non-hydrogen) atoms. The molecule has 3 saturated heterocycles. The molecule has 126 valence electrons. The van der Waals surface area contributed by atoms with Crippen molar-refractivity contribution in [1.29, 1.82) is 0 Å². The average molecular weight is 324 g/mol. The number of benzene rings is 1. The summed E-state index contributed by atoms with van der Waals surface area (Å²) in [6, 6.07) is 8.60. The lowest BCUT2D eigenvalue weighted by atomic mass is 9.54. The average Bonchev–Trinajstić information content (AvgIpc) is 2.99. The smallest absolute Gasteiger partial charge is 0.310 e. The van der Waals surface area contributed by atoms with Gasteiger partial charge in [-0.05, 0) is 43.7 Å². The Morgan fingerprint density at radius 3 is 3.00 bits per heavy atom. The Kier molecular flexibility index (Phi) is 2.80. The van der Waals surface area contributed by atoms with Gasteiger partial charge in [-0.2, -0.15) is 0 Å². The van der Waals surface area contributed by atoms with Gasteiger partial charge in [0.2, 0.25) is 0 Å². The van der Waals surface area contributed by atoms with E-state index in [-0.39, 0.29) is 23.0 Å². The van der Waals surface area contributed by atoms with Crippen molar-refractivity contribution in [2.75, 3.05) is 25.5 Å². The van der Waals surface area contributed by atoms with Gasteiger partial charge >= 0.3 is 5.97 Å². The van der Waals surface area contributed by atoms with E-state index in [4.69, 9.17) is 4.74 Å². The van der Waals surface area contributed by atoms with Gasteiger partial charge in [-0.25, -0.2) is 0 Å². The highest BCUT2D eigenvalue weighted by molar-refractivity contribution is 5.81. The highest BCUT2D eigenvalue weighted by atomic mass is 16.5. The summed E-state index contributed by atoms with van der Waals surface area (Å²) >= 11 is 0. The lowest BCUT2D eigenvalue weighted by Crippen LogP contribution is -2.63. The first-order valence-electron chi connectivity index (χ1n) is 9.03. The van der Waals surface area contributed by atoms with Gasteiger partial charge in [0.25, 0.3) is 0 Å². The molecule has 4 fully saturated rings. The van der Waals surface area contributed by atoms with Crippen LogP contribution in [0.4, 0.5) is 5.69 Å². The highest BCUT2D eigenvalue weighted by Crippen LogP contribution is 2.67. The van der Waals surface area contributed by atoms with Crippen molar-refractivity contribution in [2.24, 2.45) is 11.8 Å². The summed E-state index contributed by atoms with van der Waals surface area (Å²) in [5.74, 6) is 0.172. The minimum Gasteiger partial charge on any atom is -0.469 e. The van der Waals surface area contributed by atoms with E-state index in [2.05, 4.69) is 47.5 Å². The second kappa shape index (κ2) is 4.63. The zero-order chi connectivity index (χ0) is 16.5. The number of allylic oxidation sites excluding steroid dienone is 1. The SMILES string of the molecule is CC=C1CN2CCC34c5ccccc5NC23CCC1C4C(=O)OC. The van der Waals surface area contributed by atoms with Crippen LogP contribution >= 0.6 is 0 Å². The first-order chi connectivity index (χ1) is 11.7. The van der Waals surface area contributed by atoms with Crippen molar-refractivity contribution in [3.63, 3.8) is 0 Å². The van der Waals surface area contributed by atoms with Crippen LogP contribution in [0.2, 0.25) is 0 Å². The third-order valence-corrected chi connectivity index (χ3v) is 7.23. The molecular weight excluding hydrogens is 300 g/mol. The normalized spacial score (nSPS) is 43.1. The third-order valence-electron chi connectivity index (χ3n) is 7.23. The van der Waals surface area contributed by atoms with Gasteiger partial charge < -0.3 is 10.1 Å². The summed E-state index contributed by atoms with van der Waals surface area (Å²) in [5.41, 5.74) is 3.65.